The maximum Gasteiger partial charge on any atom is 0.132 e. The van der Waals surface area contributed by atoms with Crippen LogP contribution in [0.1, 0.15) is 36.8 Å². The van der Waals surface area contributed by atoms with E-state index in [9.17, 15) is 14.6 Å². The van der Waals surface area contributed by atoms with Crippen molar-refractivity contribution in [3.05, 3.63) is 53.2 Å². The number of hydrogen-bond donors (Lipinski definition) is 2. The Kier molecular flexibility index (Phi) is 6.07. The zero-order valence-corrected chi connectivity index (χ0v) is 16.0. The zero-order valence-electron chi connectivity index (χ0n) is 16.0. The molecule has 146 valence electrons. The number of aryl methyl sites for hydroxylation is 2. The molecule has 2 aromatic rings. The summed E-state index contributed by atoms with van der Waals surface area (Å²) in [5.74, 6) is 1.38. The van der Waals surface area contributed by atoms with Crippen molar-refractivity contribution >= 4 is 5.82 Å². The Morgan fingerprint density at radius 3 is 2.67 bits per heavy atom. The van der Waals surface area contributed by atoms with Gasteiger partial charge < -0.3 is 15.1 Å². The number of hydrogen-bond acceptors (Lipinski definition) is 5. The molecule has 1 aliphatic heterocycles. The number of anilines is 1. The molecule has 1 aromatic carbocycles. The highest BCUT2D eigenvalue weighted by atomic mass is 19.1. The van der Waals surface area contributed by atoms with E-state index >= 15 is 0 Å². The van der Waals surface area contributed by atoms with Crippen LogP contribution in [0.25, 0.3) is 0 Å². The van der Waals surface area contributed by atoms with E-state index in [1.165, 1.54) is 12.1 Å². The molecule has 5 nitrogen and oxygen atoms in total. The van der Waals surface area contributed by atoms with Crippen molar-refractivity contribution in [3.63, 3.8) is 0 Å². The Labute approximate surface area is 159 Å². The smallest absolute Gasteiger partial charge is 0.132 e. The van der Waals surface area contributed by atoms with Gasteiger partial charge in [-0.2, -0.15) is 0 Å². The van der Waals surface area contributed by atoms with E-state index in [-0.39, 0.29) is 12.4 Å². The minimum atomic E-state index is -0.708. The van der Waals surface area contributed by atoms with Crippen LogP contribution in [-0.4, -0.2) is 46.0 Å². The number of nitrogens with zero attached hydrogens (tertiary/aromatic N) is 3. The molecular formula is C21H28FN3O2. The predicted molar refractivity (Wildman–Crippen MR) is 103 cm³/mol. The SMILES string of the molecule is CCCc1nc(C)cc(N2CC[C@H](O)[C@@](CO)(Cc3ccc(F)cc3)C2)n1. The number of aromatic nitrogens is 2. The van der Waals surface area contributed by atoms with Gasteiger partial charge >= 0.3 is 0 Å². The summed E-state index contributed by atoms with van der Waals surface area (Å²) >= 11 is 0. The molecule has 0 unspecified atom stereocenters. The summed E-state index contributed by atoms with van der Waals surface area (Å²) in [5.41, 5.74) is 1.11. The molecule has 0 saturated carbocycles. The first-order valence-electron chi connectivity index (χ1n) is 9.58. The highest BCUT2D eigenvalue weighted by Gasteiger charge is 2.43. The van der Waals surface area contributed by atoms with E-state index < -0.39 is 11.5 Å². The lowest BCUT2D eigenvalue weighted by molar-refractivity contribution is -0.0292. The Morgan fingerprint density at radius 2 is 2.00 bits per heavy atom. The average molecular weight is 373 g/mol. The minimum Gasteiger partial charge on any atom is -0.396 e. The maximum absolute atomic E-state index is 13.2. The Bertz CT molecular complexity index is 769. The van der Waals surface area contributed by atoms with Gasteiger partial charge in [-0.3, -0.25) is 0 Å². The van der Waals surface area contributed by atoms with Crippen molar-refractivity contribution < 1.29 is 14.6 Å². The molecule has 0 aliphatic carbocycles. The van der Waals surface area contributed by atoms with Gasteiger partial charge in [0.15, 0.2) is 0 Å². The third-order valence-corrected chi connectivity index (χ3v) is 5.35. The first-order valence-corrected chi connectivity index (χ1v) is 9.58. The van der Waals surface area contributed by atoms with E-state index in [0.29, 0.717) is 25.9 Å². The van der Waals surface area contributed by atoms with Crippen LogP contribution in [0.15, 0.2) is 30.3 Å². The predicted octanol–water partition coefficient (Wildman–Crippen LogP) is 2.67. The van der Waals surface area contributed by atoms with Crippen molar-refractivity contribution in [2.75, 3.05) is 24.6 Å². The van der Waals surface area contributed by atoms with Gasteiger partial charge in [-0.15, -0.1) is 0 Å². The number of halogens is 1. The molecule has 0 spiro atoms. The van der Waals surface area contributed by atoms with Gasteiger partial charge in [0.05, 0.1) is 12.7 Å². The summed E-state index contributed by atoms with van der Waals surface area (Å²) in [7, 11) is 0. The maximum atomic E-state index is 13.2. The van der Waals surface area contributed by atoms with E-state index in [1.807, 2.05) is 13.0 Å². The normalized spacial score (nSPS) is 22.9. The van der Waals surface area contributed by atoms with Crippen LogP contribution in [0, 0.1) is 18.2 Å². The molecule has 6 heteroatoms. The van der Waals surface area contributed by atoms with E-state index in [1.54, 1.807) is 12.1 Å². The largest absolute Gasteiger partial charge is 0.396 e. The summed E-state index contributed by atoms with van der Waals surface area (Å²) in [6.07, 6.45) is 2.21. The molecule has 1 aromatic heterocycles. The Balaban J connectivity index is 1.86. The monoisotopic (exact) mass is 373 g/mol. The van der Waals surface area contributed by atoms with Crippen molar-refractivity contribution in [3.8, 4) is 0 Å². The van der Waals surface area contributed by atoms with Crippen molar-refractivity contribution in [1.82, 2.24) is 9.97 Å². The Morgan fingerprint density at radius 1 is 1.26 bits per heavy atom. The lowest BCUT2D eigenvalue weighted by Crippen LogP contribution is -2.55. The first-order chi connectivity index (χ1) is 13.0. The summed E-state index contributed by atoms with van der Waals surface area (Å²) in [6.45, 7) is 5.08. The quantitative estimate of drug-likeness (QED) is 0.815. The molecule has 0 radical (unpaired) electrons. The van der Waals surface area contributed by atoms with E-state index in [4.69, 9.17) is 4.98 Å². The van der Waals surface area contributed by atoms with Crippen LogP contribution >= 0.6 is 0 Å². The molecule has 1 aliphatic rings. The summed E-state index contributed by atoms with van der Waals surface area (Å²) in [6, 6.07) is 8.21. The van der Waals surface area contributed by atoms with Crippen molar-refractivity contribution in [1.29, 1.82) is 0 Å². The topological polar surface area (TPSA) is 69.5 Å². The molecule has 2 N–H and O–H groups in total. The number of rotatable bonds is 6. The first kappa shape index (κ1) is 19.7. The molecule has 1 fully saturated rings. The molecular weight excluding hydrogens is 345 g/mol. The van der Waals surface area contributed by atoms with Gasteiger partial charge in [-0.05, 0) is 43.9 Å². The standard InChI is InChI=1S/C21H28FN3O2/c1-3-4-19-23-15(2)11-20(24-19)25-10-9-18(27)21(13-25,14-26)12-16-5-7-17(22)8-6-16/h5-8,11,18,26-27H,3-4,9-10,12-14H2,1-2H3/t18-,21-/m0/s1. The number of aliphatic hydroxyl groups excluding tert-OH is 2. The van der Waals surface area contributed by atoms with E-state index in [0.717, 1.165) is 35.7 Å². The highest BCUT2D eigenvalue weighted by molar-refractivity contribution is 5.41. The molecule has 2 heterocycles. The fourth-order valence-electron chi connectivity index (χ4n) is 3.85. The van der Waals surface area contributed by atoms with Crippen LogP contribution < -0.4 is 4.90 Å². The van der Waals surface area contributed by atoms with Crippen LogP contribution in [0.5, 0.6) is 0 Å². The second-order valence-corrected chi connectivity index (χ2v) is 7.58. The van der Waals surface area contributed by atoms with Crippen LogP contribution in [-0.2, 0) is 12.8 Å². The zero-order chi connectivity index (χ0) is 19.4. The van der Waals surface area contributed by atoms with Crippen molar-refractivity contribution in [2.24, 2.45) is 5.41 Å². The van der Waals surface area contributed by atoms with Crippen LogP contribution in [0.2, 0.25) is 0 Å². The van der Waals surface area contributed by atoms with Gasteiger partial charge in [0.25, 0.3) is 0 Å². The number of piperidine rings is 1. The lowest BCUT2D eigenvalue weighted by Gasteiger charge is -2.46. The summed E-state index contributed by atoms with van der Waals surface area (Å²) < 4.78 is 13.2. The fourth-order valence-corrected chi connectivity index (χ4v) is 3.85. The number of benzene rings is 1. The van der Waals surface area contributed by atoms with Gasteiger partial charge in [0.2, 0.25) is 0 Å². The van der Waals surface area contributed by atoms with Gasteiger partial charge in [0, 0.05) is 36.7 Å². The van der Waals surface area contributed by atoms with Gasteiger partial charge in [-0.1, -0.05) is 19.1 Å². The van der Waals surface area contributed by atoms with E-state index in [2.05, 4.69) is 16.8 Å². The Hall–Kier alpha value is -2.05. The van der Waals surface area contributed by atoms with Crippen LogP contribution in [0.3, 0.4) is 0 Å². The fraction of sp³-hybridized carbons (Fsp3) is 0.524. The third-order valence-electron chi connectivity index (χ3n) is 5.35. The summed E-state index contributed by atoms with van der Waals surface area (Å²) in [5, 5.41) is 20.9. The lowest BCUT2D eigenvalue weighted by atomic mass is 9.73. The second kappa shape index (κ2) is 8.31. The number of aliphatic hydroxyl groups is 2. The van der Waals surface area contributed by atoms with Crippen LogP contribution in [0.4, 0.5) is 10.2 Å². The van der Waals surface area contributed by atoms with Crippen molar-refractivity contribution in [2.45, 2.75) is 45.6 Å². The molecule has 3 rings (SSSR count). The third kappa shape index (κ3) is 4.45. The molecule has 0 bridgehead atoms. The van der Waals surface area contributed by atoms with Gasteiger partial charge in [-0.25, -0.2) is 14.4 Å². The average Bonchev–Trinajstić information content (AvgIpc) is 2.65. The van der Waals surface area contributed by atoms with Gasteiger partial charge in [0.1, 0.15) is 17.5 Å². The second-order valence-electron chi connectivity index (χ2n) is 7.58. The molecule has 2 atom stereocenters. The summed E-state index contributed by atoms with van der Waals surface area (Å²) in [4.78, 5) is 11.3. The molecule has 27 heavy (non-hydrogen) atoms. The molecule has 0 amide bonds. The highest BCUT2D eigenvalue weighted by Crippen LogP contribution is 2.35. The minimum absolute atomic E-state index is 0.145. The molecule has 1 saturated heterocycles.